The Kier molecular flexibility index (Phi) is 4.82. The quantitative estimate of drug-likeness (QED) is 0.430. The van der Waals surface area contributed by atoms with Gasteiger partial charge in [0, 0.05) is 22.9 Å². The van der Waals surface area contributed by atoms with Gasteiger partial charge in [-0.2, -0.15) is 0 Å². The van der Waals surface area contributed by atoms with E-state index < -0.39 is 10.8 Å². The zero-order valence-electron chi connectivity index (χ0n) is 11.3. The summed E-state index contributed by atoms with van der Waals surface area (Å²) in [7, 11) is 0. The van der Waals surface area contributed by atoms with E-state index >= 15 is 0 Å². The Morgan fingerprint density at radius 3 is 2.36 bits per heavy atom. The van der Waals surface area contributed by atoms with E-state index in [1.54, 1.807) is 6.92 Å². The van der Waals surface area contributed by atoms with E-state index in [1.165, 1.54) is 30.3 Å². The second-order valence-electron chi connectivity index (χ2n) is 4.50. The van der Waals surface area contributed by atoms with Crippen LogP contribution >= 0.6 is 31.9 Å². The van der Waals surface area contributed by atoms with Crippen LogP contribution in [0.15, 0.2) is 39.3 Å². The van der Waals surface area contributed by atoms with Crippen molar-refractivity contribution in [1.29, 1.82) is 0 Å². The molecule has 2 rings (SSSR count). The van der Waals surface area contributed by atoms with Crippen molar-refractivity contribution in [1.82, 2.24) is 0 Å². The highest BCUT2D eigenvalue weighted by atomic mass is 79.9. The highest BCUT2D eigenvalue weighted by Gasteiger charge is 2.16. The average Bonchev–Trinajstić information content (AvgIpc) is 2.44. The number of nitro groups is 1. The summed E-state index contributed by atoms with van der Waals surface area (Å²) in [5.41, 5.74) is 0.986. The Labute approximate surface area is 142 Å². The molecule has 0 saturated carbocycles. The number of hydrogen-bond acceptors (Lipinski definition) is 4. The van der Waals surface area contributed by atoms with Gasteiger partial charge in [-0.25, -0.2) is 0 Å². The Morgan fingerprint density at radius 1 is 1.23 bits per heavy atom. The lowest BCUT2D eigenvalue weighted by Crippen LogP contribution is -2.12. The minimum atomic E-state index is -0.528. The molecular weight excluding hydrogens is 420 g/mol. The third-order valence-electron chi connectivity index (χ3n) is 2.94. The maximum absolute atomic E-state index is 12.2. The summed E-state index contributed by atoms with van der Waals surface area (Å²) in [5.74, 6) is -0.462. The van der Waals surface area contributed by atoms with Gasteiger partial charge < -0.3 is 10.4 Å². The first kappa shape index (κ1) is 16.4. The van der Waals surface area contributed by atoms with Crippen LogP contribution in [0.5, 0.6) is 5.75 Å². The van der Waals surface area contributed by atoms with Crippen LogP contribution in [0.4, 0.5) is 11.4 Å². The second-order valence-corrected chi connectivity index (χ2v) is 6.21. The van der Waals surface area contributed by atoms with Crippen molar-refractivity contribution in [3.8, 4) is 5.75 Å². The summed E-state index contributed by atoms with van der Waals surface area (Å²) in [6.07, 6.45) is 0. The fourth-order valence-electron chi connectivity index (χ4n) is 1.79. The average molecular weight is 430 g/mol. The highest BCUT2D eigenvalue weighted by molar-refractivity contribution is 9.11. The lowest BCUT2D eigenvalue weighted by atomic mass is 10.1. The highest BCUT2D eigenvalue weighted by Crippen LogP contribution is 2.35. The molecule has 0 spiro atoms. The van der Waals surface area contributed by atoms with Gasteiger partial charge in [0.05, 0.1) is 13.9 Å². The van der Waals surface area contributed by atoms with E-state index in [9.17, 15) is 20.0 Å². The SMILES string of the molecule is Cc1ccc(C(=O)Nc2cc(Br)c(O)c(Br)c2)cc1[N+](=O)[O-]. The van der Waals surface area contributed by atoms with Crippen LogP contribution in [0.3, 0.4) is 0 Å². The van der Waals surface area contributed by atoms with Crippen molar-refractivity contribution in [3.63, 3.8) is 0 Å². The molecule has 0 aliphatic carbocycles. The van der Waals surface area contributed by atoms with Crippen molar-refractivity contribution in [2.75, 3.05) is 5.32 Å². The molecule has 22 heavy (non-hydrogen) atoms. The van der Waals surface area contributed by atoms with E-state index in [0.717, 1.165) is 0 Å². The summed E-state index contributed by atoms with van der Waals surface area (Å²) in [6.45, 7) is 1.61. The number of anilines is 1. The molecule has 0 radical (unpaired) electrons. The van der Waals surface area contributed by atoms with Crippen molar-refractivity contribution in [2.45, 2.75) is 6.92 Å². The molecule has 2 N–H and O–H groups in total. The fourth-order valence-corrected chi connectivity index (χ4v) is 2.97. The van der Waals surface area contributed by atoms with Crippen LogP contribution in [-0.2, 0) is 0 Å². The summed E-state index contributed by atoms with van der Waals surface area (Å²) in [4.78, 5) is 22.6. The third kappa shape index (κ3) is 3.45. The van der Waals surface area contributed by atoms with Gasteiger partial charge in [-0.1, -0.05) is 6.07 Å². The number of benzene rings is 2. The normalized spacial score (nSPS) is 10.3. The Balaban J connectivity index is 2.30. The number of hydrogen-bond donors (Lipinski definition) is 2. The minimum Gasteiger partial charge on any atom is -0.506 e. The molecule has 114 valence electrons. The number of aromatic hydroxyl groups is 1. The smallest absolute Gasteiger partial charge is 0.273 e. The molecule has 0 fully saturated rings. The Bertz CT molecular complexity index is 754. The molecule has 0 aromatic heterocycles. The summed E-state index contributed by atoms with van der Waals surface area (Å²) >= 11 is 6.33. The Morgan fingerprint density at radius 2 is 1.82 bits per heavy atom. The van der Waals surface area contributed by atoms with Gasteiger partial charge in [-0.3, -0.25) is 14.9 Å². The largest absolute Gasteiger partial charge is 0.506 e. The van der Waals surface area contributed by atoms with Crippen LogP contribution in [0.1, 0.15) is 15.9 Å². The molecular formula is C14H10Br2N2O4. The molecule has 0 aliphatic heterocycles. The molecule has 6 nitrogen and oxygen atoms in total. The van der Waals surface area contributed by atoms with Gasteiger partial charge in [-0.05, 0) is 57.0 Å². The minimum absolute atomic E-state index is 0.0176. The first-order valence-corrected chi connectivity index (χ1v) is 7.62. The summed E-state index contributed by atoms with van der Waals surface area (Å²) in [5, 5.41) is 23.2. The van der Waals surface area contributed by atoms with Gasteiger partial charge in [0.1, 0.15) is 5.75 Å². The standard InChI is InChI=1S/C14H10Br2N2O4/c1-7-2-3-8(4-12(7)18(21)22)14(20)17-9-5-10(15)13(19)11(16)6-9/h2-6,19H,1H3,(H,17,20). The van der Waals surface area contributed by atoms with E-state index in [4.69, 9.17) is 0 Å². The first-order chi connectivity index (χ1) is 10.3. The van der Waals surface area contributed by atoms with E-state index in [-0.39, 0.29) is 17.0 Å². The van der Waals surface area contributed by atoms with Gasteiger partial charge in [0.25, 0.3) is 11.6 Å². The number of nitrogens with zero attached hydrogens (tertiary/aromatic N) is 1. The number of carbonyl (C=O) groups is 1. The number of rotatable bonds is 3. The lowest BCUT2D eigenvalue weighted by Gasteiger charge is -2.08. The number of carbonyl (C=O) groups excluding carboxylic acids is 1. The maximum atomic E-state index is 12.2. The molecule has 2 aromatic rings. The number of nitrogens with one attached hydrogen (secondary N) is 1. The molecule has 0 aliphatic rings. The first-order valence-electron chi connectivity index (χ1n) is 6.04. The van der Waals surface area contributed by atoms with Crippen LogP contribution in [0, 0.1) is 17.0 Å². The van der Waals surface area contributed by atoms with E-state index in [2.05, 4.69) is 37.2 Å². The Hall–Kier alpha value is -1.93. The van der Waals surface area contributed by atoms with Crippen LogP contribution < -0.4 is 5.32 Å². The molecule has 0 atom stereocenters. The molecule has 0 unspecified atom stereocenters. The zero-order chi connectivity index (χ0) is 16.4. The topological polar surface area (TPSA) is 92.5 Å². The second kappa shape index (κ2) is 6.45. The van der Waals surface area contributed by atoms with Crippen LogP contribution in [0.25, 0.3) is 0 Å². The van der Waals surface area contributed by atoms with Crippen LogP contribution in [0.2, 0.25) is 0 Å². The number of nitro benzene ring substituents is 1. The van der Waals surface area contributed by atoms with Gasteiger partial charge in [0.15, 0.2) is 0 Å². The van der Waals surface area contributed by atoms with Gasteiger partial charge in [-0.15, -0.1) is 0 Å². The van der Waals surface area contributed by atoms with Gasteiger partial charge >= 0.3 is 0 Å². The monoisotopic (exact) mass is 428 g/mol. The predicted octanol–water partition coefficient (Wildman–Crippen LogP) is 4.39. The van der Waals surface area contributed by atoms with Gasteiger partial charge in [0.2, 0.25) is 0 Å². The van der Waals surface area contributed by atoms with E-state index in [0.29, 0.717) is 20.2 Å². The lowest BCUT2D eigenvalue weighted by molar-refractivity contribution is -0.385. The molecule has 0 bridgehead atoms. The van der Waals surface area contributed by atoms with Crippen LogP contribution in [-0.4, -0.2) is 15.9 Å². The van der Waals surface area contributed by atoms with Crippen molar-refractivity contribution in [3.05, 3.63) is 60.5 Å². The van der Waals surface area contributed by atoms with Crippen molar-refractivity contribution >= 4 is 49.1 Å². The number of phenols is 1. The van der Waals surface area contributed by atoms with Crippen molar-refractivity contribution < 1.29 is 14.8 Å². The molecule has 0 saturated heterocycles. The number of phenolic OH excluding ortho intramolecular Hbond substituents is 1. The number of halogens is 2. The van der Waals surface area contributed by atoms with Crippen molar-refractivity contribution in [2.24, 2.45) is 0 Å². The third-order valence-corrected chi connectivity index (χ3v) is 4.15. The fraction of sp³-hybridized carbons (Fsp3) is 0.0714. The van der Waals surface area contributed by atoms with E-state index in [1.807, 2.05) is 0 Å². The zero-order valence-corrected chi connectivity index (χ0v) is 14.4. The molecule has 8 heteroatoms. The molecule has 2 aromatic carbocycles. The molecule has 0 heterocycles. The number of amides is 1. The summed E-state index contributed by atoms with van der Waals surface area (Å²) in [6, 6.07) is 7.33. The maximum Gasteiger partial charge on any atom is 0.273 e. The molecule has 1 amide bonds. The number of aryl methyl sites for hydroxylation is 1. The summed E-state index contributed by atoms with van der Waals surface area (Å²) < 4.78 is 0.819. The predicted molar refractivity (Wildman–Crippen MR) is 89.3 cm³/mol.